The molecule has 5 nitrogen and oxygen atoms in total. The van der Waals surface area contributed by atoms with Crippen LogP contribution in [0.15, 0.2) is 0 Å². The highest BCUT2D eigenvalue weighted by molar-refractivity contribution is 8.03. The number of aliphatic carboxylic acids is 1. The molecule has 0 unspecified atom stereocenters. The SMILES string of the molecule is COC(=O)[C@]1(CS)N[C@H](C(=O)O)C(C)(C)S1. The number of hydrogen-bond donors (Lipinski definition) is 3. The molecule has 0 amide bonds. The van der Waals surface area contributed by atoms with E-state index in [1.54, 1.807) is 13.8 Å². The number of carboxylic acids is 1. The second-order valence-electron chi connectivity index (χ2n) is 4.10. The molecule has 0 saturated carbocycles. The van der Waals surface area contributed by atoms with Crippen molar-refractivity contribution in [1.29, 1.82) is 0 Å². The van der Waals surface area contributed by atoms with E-state index in [-0.39, 0.29) is 5.75 Å². The molecule has 0 aromatic heterocycles. The molecule has 0 radical (unpaired) electrons. The van der Waals surface area contributed by atoms with E-state index in [1.165, 1.54) is 18.9 Å². The van der Waals surface area contributed by atoms with Crippen LogP contribution in [0, 0.1) is 0 Å². The van der Waals surface area contributed by atoms with Gasteiger partial charge >= 0.3 is 11.9 Å². The van der Waals surface area contributed by atoms with Crippen LogP contribution < -0.4 is 5.32 Å². The van der Waals surface area contributed by atoms with E-state index < -0.39 is 27.6 Å². The molecule has 1 aliphatic rings. The highest BCUT2D eigenvalue weighted by Crippen LogP contribution is 2.45. The molecule has 2 atom stereocenters. The maximum absolute atomic E-state index is 11.7. The average molecular weight is 265 g/mol. The van der Waals surface area contributed by atoms with Crippen LogP contribution in [0.3, 0.4) is 0 Å². The Labute approximate surface area is 104 Å². The molecular weight excluding hydrogens is 250 g/mol. The Hall–Kier alpha value is -0.400. The number of ether oxygens (including phenoxy) is 1. The maximum atomic E-state index is 11.7. The van der Waals surface area contributed by atoms with Gasteiger partial charge in [-0.15, -0.1) is 11.8 Å². The fourth-order valence-electron chi connectivity index (χ4n) is 1.71. The van der Waals surface area contributed by atoms with Gasteiger partial charge in [0.15, 0.2) is 4.87 Å². The van der Waals surface area contributed by atoms with Gasteiger partial charge in [0, 0.05) is 10.5 Å². The van der Waals surface area contributed by atoms with E-state index in [0.29, 0.717) is 0 Å². The number of carbonyl (C=O) groups is 2. The van der Waals surface area contributed by atoms with Crippen LogP contribution in [0.2, 0.25) is 0 Å². The number of rotatable bonds is 3. The zero-order chi connectivity index (χ0) is 12.6. The largest absolute Gasteiger partial charge is 0.480 e. The smallest absolute Gasteiger partial charge is 0.337 e. The average Bonchev–Trinajstić information content (AvgIpc) is 2.50. The minimum absolute atomic E-state index is 0.178. The molecule has 0 aromatic rings. The van der Waals surface area contributed by atoms with Crippen LogP contribution in [0.1, 0.15) is 13.8 Å². The Balaban J connectivity index is 3.03. The van der Waals surface area contributed by atoms with Crippen molar-refractivity contribution < 1.29 is 19.4 Å². The zero-order valence-corrected chi connectivity index (χ0v) is 11.0. The van der Waals surface area contributed by atoms with Crippen LogP contribution >= 0.6 is 24.4 Å². The lowest BCUT2D eigenvalue weighted by atomic mass is 10.0. The summed E-state index contributed by atoms with van der Waals surface area (Å²) in [5.74, 6) is -1.30. The van der Waals surface area contributed by atoms with E-state index in [9.17, 15) is 9.59 Å². The number of esters is 1. The summed E-state index contributed by atoms with van der Waals surface area (Å²) in [6, 6.07) is -0.802. The third-order valence-corrected chi connectivity index (χ3v) is 4.72. The van der Waals surface area contributed by atoms with Crippen molar-refractivity contribution in [3.63, 3.8) is 0 Å². The predicted molar refractivity (Wildman–Crippen MR) is 64.8 cm³/mol. The van der Waals surface area contributed by atoms with Crippen molar-refractivity contribution in [3.05, 3.63) is 0 Å². The molecule has 1 fully saturated rings. The standard InChI is InChI=1S/C9H15NO4S2/c1-8(2)5(6(11)12)10-9(4-15,16-8)7(13)14-3/h5,10,15H,4H2,1-3H3,(H,11,12)/t5-,9-/m1/s1. The zero-order valence-electron chi connectivity index (χ0n) is 9.31. The molecule has 16 heavy (non-hydrogen) atoms. The normalized spacial score (nSPS) is 32.4. The molecule has 0 bridgehead atoms. The monoisotopic (exact) mass is 265 g/mol. The molecule has 0 aliphatic carbocycles. The molecule has 1 rings (SSSR count). The number of thiol groups is 1. The van der Waals surface area contributed by atoms with Gasteiger partial charge in [0.2, 0.25) is 0 Å². The first-order valence-electron chi connectivity index (χ1n) is 4.69. The first-order valence-corrected chi connectivity index (χ1v) is 6.14. The number of carbonyl (C=O) groups excluding carboxylic acids is 1. The van der Waals surface area contributed by atoms with E-state index in [2.05, 4.69) is 22.7 Å². The summed E-state index contributed by atoms with van der Waals surface area (Å²) < 4.78 is 4.09. The van der Waals surface area contributed by atoms with Gasteiger partial charge in [-0.2, -0.15) is 12.6 Å². The van der Waals surface area contributed by atoms with E-state index in [1.807, 2.05) is 0 Å². The van der Waals surface area contributed by atoms with E-state index >= 15 is 0 Å². The maximum Gasteiger partial charge on any atom is 0.337 e. The molecular formula is C9H15NO4S2. The minimum atomic E-state index is -1.08. The summed E-state index contributed by atoms with van der Waals surface area (Å²) in [7, 11) is 1.27. The Kier molecular flexibility index (Phi) is 3.81. The first-order chi connectivity index (χ1) is 7.29. The summed E-state index contributed by atoms with van der Waals surface area (Å²) in [5, 5.41) is 11.9. The van der Waals surface area contributed by atoms with Gasteiger partial charge in [0.05, 0.1) is 7.11 Å². The molecule has 92 valence electrons. The molecule has 7 heteroatoms. The van der Waals surface area contributed by atoms with Crippen molar-refractivity contribution >= 4 is 36.3 Å². The second kappa shape index (κ2) is 4.46. The molecule has 1 heterocycles. The molecule has 1 aliphatic heterocycles. The number of carboxylic acid groups (broad SMARTS) is 1. The van der Waals surface area contributed by atoms with Crippen molar-refractivity contribution in [2.45, 2.75) is 29.5 Å². The summed E-state index contributed by atoms with van der Waals surface area (Å²) >= 11 is 5.35. The minimum Gasteiger partial charge on any atom is -0.480 e. The van der Waals surface area contributed by atoms with E-state index in [0.717, 1.165) is 0 Å². The van der Waals surface area contributed by atoms with Crippen LogP contribution in [-0.4, -0.2) is 45.6 Å². The van der Waals surface area contributed by atoms with Gasteiger partial charge < -0.3 is 9.84 Å². The van der Waals surface area contributed by atoms with Crippen LogP contribution in [-0.2, 0) is 14.3 Å². The van der Waals surface area contributed by atoms with Crippen molar-refractivity contribution in [1.82, 2.24) is 5.32 Å². The number of methoxy groups -OCH3 is 1. The molecule has 2 N–H and O–H groups in total. The van der Waals surface area contributed by atoms with Gasteiger partial charge in [0.25, 0.3) is 0 Å². The van der Waals surface area contributed by atoms with Crippen LogP contribution in [0.5, 0.6) is 0 Å². The Bertz CT molecular complexity index is 321. The van der Waals surface area contributed by atoms with Crippen molar-refractivity contribution in [3.8, 4) is 0 Å². The van der Waals surface area contributed by atoms with Crippen LogP contribution in [0.4, 0.5) is 0 Å². The Morgan fingerprint density at radius 1 is 1.56 bits per heavy atom. The number of nitrogens with one attached hydrogen (secondary N) is 1. The highest BCUT2D eigenvalue weighted by Gasteiger charge is 2.57. The summed E-state index contributed by atoms with van der Waals surface area (Å²) in [4.78, 5) is 21.7. The quantitative estimate of drug-likeness (QED) is 0.505. The molecule has 0 aromatic carbocycles. The first kappa shape index (κ1) is 13.7. The van der Waals surface area contributed by atoms with Crippen LogP contribution in [0.25, 0.3) is 0 Å². The lowest BCUT2D eigenvalue weighted by Crippen LogP contribution is -2.53. The second-order valence-corrected chi connectivity index (χ2v) is 6.37. The Morgan fingerprint density at radius 3 is 2.44 bits per heavy atom. The van der Waals surface area contributed by atoms with Gasteiger partial charge in [-0.1, -0.05) is 0 Å². The molecule has 1 saturated heterocycles. The molecule has 0 spiro atoms. The van der Waals surface area contributed by atoms with Gasteiger partial charge in [-0.3, -0.25) is 10.1 Å². The third kappa shape index (κ3) is 2.16. The fourth-order valence-corrected chi connectivity index (χ4v) is 3.71. The van der Waals surface area contributed by atoms with Gasteiger partial charge in [-0.05, 0) is 13.8 Å². The fraction of sp³-hybridized carbons (Fsp3) is 0.778. The summed E-state index contributed by atoms with van der Waals surface area (Å²) in [5.41, 5.74) is 0. The summed E-state index contributed by atoms with van der Waals surface area (Å²) in [6.07, 6.45) is 0. The number of hydrogen-bond acceptors (Lipinski definition) is 6. The number of thioether (sulfide) groups is 1. The topological polar surface area (TPSA) is 75.6 Å². The van der Waals surface area contributed by atoms with E-state index in [4.69, 9.17) is 5.11 Å². The third-order valence-electron chi connectivity index (χ3n) is 2.49. The predicted octanol–water partition coefficient (Wildman–Crippen LogP) is 0.354. The van der Waals surface area contributed by atoms with Gasteiger partial charge in [0.1, 0.15) is 6.04 Å². The lowest BCUT2D eigenvalue weighted by molar-refractivity contribution is -0.145. The van der Waals surface area contributed by atoms with Crippen molar-refractivity contribution in [2.75, 3.05) is 12.9 Å². The van der Waals surface area contributed by atoms with Gasteiger partial charge in [-0.25, -0.2) is 4.79 Å². The summed E-state index contributed by atoms with van der Waals surface area (Å²) in [6.45, 7) is 3.55. The van der Waals surface area contributed by atoms with Crippen molar-refractivity contribution in [2.24, 2.45) is 0 Å². The Morgan fingerprint density at radius 2 is 2.12 bits per heavy atom. The highest BCUT2D eigenvalue weighted by atomic mass is 32.2. The lowest BCUT2D eigenvalue weighted by Gasteiger charge is -2.24.